The molecule has 0 spiro atoms. The molecule has 9 nitrogen and oxygen atoms in total. The summed E-state index contributed by atoms with van der Waals surface area (Å²) in [4.78, 5) is 25.6. The van der Waals surface area contributed by atoms with Crippen LogP contribution in [0.2, 0.25) is 0 Å². The number of carboxylic acids is 2. The molecule has 0 saturated heterocycles. The highest BCUT2D eigenvalue weighted by Gasteiger charge is 2.58. The summed E-state index contributed by atoms with van der Waals surface area (Å²) in [6.07, 6.45) is 11.6. The van der Waals surface area contributed by atoms with Gasteiger partial charge in [-0.1, -0.05) is 24.2 Å². The van der Waals surface area contributed by atoms with Crippen LogP contribution < -0.4 is 0 Å². The lowest BCUT2D eigenvalue weighted by atomic mass is 9.60. The van der Waals surface area contributed by atoms with E-state index in [2.05, 4.69) is 23.1 Å². The maximum Gasteiger partial charge on any atom is 0.414 e. The topological polar surface area (TPSA) is 140 Å². The van der Waals surface area contributed by atoms with Gasteiger partial charge in [-0.15, -0.1) is 0 Å². The van der Waals surface area contributed by atoms with Crippen LogP contribution in [0.5, 0.6) is 0 Å². The Bertz CT molecular complexity index is 610. The number of hydrogen-bond acceptors (Lipinski definition) is 7. The van der Waals surface area contributed by atoms with Crippen molar-refractivity contribution < 1.29 is 34.9 Å². The quantitative estimate of drug-likeness (QED) is 0.150. The Morgan fingerprint density at radius 3 is 2.43 bits per heavy atom. The van der Waals surface area contributed by atoms with Crippen LogP contribution in [0.25, 0.3) is 0 Å². The van der Waals surface area contributed by atoms with Crippen LogP contribution in [-0.2, 0) is 14.4 Å². The number of aliphatic hydroxyl groups is 2. The Morgan fingerprint density at radius 1 is 1.20 bits per heavy atom. The molecule has 2 rings (SSSR count). The van der Waals surface area contributed by atoms with Crippen molar-refractivity contribution in [1.82, 2.24) is 4.90 Å². The second-order valence-electron chi connectivity index (χ2n) is 8.54. The number of carboxylic acid groups (broad SMARTS) is 2. The van der Waals surface area contributed by atoms with Gasteiger partial charge in [0.05, 0.1) is 5.60 Å². The van der Waals surface area contributed by atoms with Crippen LogP contribution >= 0.6 is 0 Å². The first-order valence-corrected chi connectivity index (χ1v) is 10.3. The van der Waals surface area contributed by atoms with Gasteiger partial charge < -0.3 is 30.2 Å². The Balaban J connectivity index is 0.000000656. The molecule has 2 saturated carbocycles. The standard InChI is InChI=1S/C19H34N2O3.C2H2O4/c1-18-9-7-16(6-4-5-12-22)14-19(18,23)10-8-17(18)15-20-24-13-11-21(2)3;3-1(4)2(5)6/h4,6,15-17,22-23H,5,7-14H2,1-3H3;(H,3,4)(H,5,6)/t16-,17+,18+,19-;/m0./s1. The summed E-state index contributed by atoms with van der Waals surface area (Å²) < 4.78 is 0. The van der Waals surface area contributed by atoms with E-state index in [4.69, 9.17) is 29.7 Å². The third kappa shape index (κ3) is 7.37. The van der Waals surface area contributed by atoms with Crippen LogP contribution in [0.3, 0.4) is 0 Å². The second-order valence-corrected chi connectivity index (χ2v) is 8.54. The van der Waals surface area contributed by atoms with Crippen LogP contribution in [0.4, 0.5) is 0 Å². The Morgan fingerprint density at radius 2 is 1.87 bits per heavy atom. The number of hydrogen-bond donors (Lipinski definition) is 4. The van der Waals surface area contributed by atoms with Gasteiger partial charge in [-0.2, -0.15) is 0 Å². The number of fused-ring (bicyclic) bond motifs is 1. The van der Waals surface area contributed by atoms with Gasteiger partial charge in [0.15, 0.2) is 0 Å². The van der Waals surface area contributed by atoms with Crippen molar-refractivity contribution in [1.29, 1.82) is 0 Å². The second kappa shape index (κ2) is 12.0. The molecule has 0 heterocycles. The summed E-state index contributed by atoms with van der Waals surface area (Å²) in [5.74, 6) is -2.95. The van der Waals surface area contributed by atoms with Gasteiger partial charge in [0.2, 0.25) is 0 Å². The van der Waals surface area contributed by atoms with E-state index in [9.17, 15) is 5.11 Å². The normalized spacial score (nSPS) is 30.9. The highest BCUT2D eigenvalue weighted by Crippen LogP contribution is 2.58. The van der Waals surface area contributed by atoms with E-state index in [1.807, 2.05) is 26.4 Å². The molecule has 0 radical (unpaired) electrons. The molecule has 2 fully saturated rings. The molecule has 4 N–H and O–H groups in total. The molecular weight excluding hydrogens is 392 g/mol. The van der Waals surface area contributed by atoms with Gasteiger partial charge >= 0.3 is 11.9 Å². The van der Waals surface area contributed by atoms with E-state index >= 15 is 0 Å². The largest absolute Gasteiger partial charge is 0.473 e. The minimum absolute atomic E-state index is 0.108. The number of aliphatic hydroxyl groups excluding tert-OH is 1. The first-order valence-electron chi connectivity index (χ1n) is 10.3. The van der Waals surface area contributed by atoms with E-state index in [-0.39, 0.29) is 17.9 Å². The highest BCUT2D eigenvalue weighted by molar-refractivity contribution is 6.27. The van der Waals surface area contributed by atoms with Gasteiger partial charge in [-0.3, -0.25) is 0 Å². The van der Waals surface area contributed by atoms with Crippen molar-refractivity contribution in [3.05, 3.63) is 12.2 Å². The van der Waals surface area contributed by atoms with Crippen molar-refractivity contribution in [3.63, 3.8) is 0 Å². The molecule has 30 heavy (non-hydrogen) atoms. The highest BCUT2D eigenvalue weighted by atomic mass is 16.6. The van der Waals surface area contributed by atoms with Gasteiger partial charge in [0.25, 0.3) is 0 Å². The molecule has 0 aromatic heterocycles. The lowest BCUT2D eigenvalue weighted by Crippen LogP contribution is -2.49. The van der Waals surface area contributed by atoms with E-state index in [1.165, 1.54) is 0 Å². The van der Waals surface area contributed by atoms with Crippen molar-refractivity contribution >= 4 is 18.2 Å². The molecule has 0 bridgehead atoms. The smallest absolute Gasteiger partial charge is 0.414 e. The van der Waals surface area contributed by atoms with Gasteiger partial charge in [-0.05, 0) is 58.5 Å². The molecule has 9 heteroatoms. The number of allylic oxidation sites excluding steroid dienone is 1. The monoisotopic (exact) mass is 428 g/mol. The van der Waals surface area contributed by atoms with Gasteiger partial charge in [0.1, 0.15) is 6.61 Å². The SMILES string of the molecule is CN(C)CCON=C[C@H]1CC[C@]2(O)C[C@@H](C=CCCO)CC[C@]12C.O=C(O)C(=O)O. The zero-order valence-corrected chi connectivity index (χ0v) is 18.2. The fourth-order valence-electron chi connectivity index (χ4n) is 4.28. The summed E-state index contributed by atoms with van der Waals surface area (Å²) >= 11 is 0. The van der Waals surface area contributed by atoms with Gasteiger partial charge in [-0.25, -0.2) is 9.59 Å². The number of aliphatic carboxylic acids is 2. The molecule has 4 atom stereocenters. The molecule has 0 aromatic carbocycles. The minimum atomic E-state index is -1.82. The maximum atomic E-state index is 11.3. The van der Waals surface area contributed by atoms with E-state index in [0.29, 0.717) is 18.9 Å². The molecule has 2 aliphatic carbocycles. The summed E-state index contributed by atoms with van der Waals surface area (Å²) in [6.45, 7) is 3.85. The average Bonchev–Trinajstić information content (AvgIpc) is 2.92. The third-order valence-electron chi connectivity index (χ3n) is 6.22. The Kier molecular flexibility index (Phi) is 10.4. The maximum absolute atomic E-state index is 11.3. The van der Waals surface area contributed by atoms with Crippen molar-refractivity contribution in [2.75, 3.05) is 33.9 Å². The molecule has 0 amide bonds. The van der Waals surface area contributed by atoms with E-state index in [1.54, 1.807) is 0 Å². The Hall–Kier alpha value is -1.97. The Labute approximate surface area is 178 Å². The lowest BCUT2D eigenvalue weighted by molar-refractivity contribution is -0.159. The summed E-state index contributed by atoms with van der Waals surface area (Å²) in [5.41, 5.74) is -0.720. The van der Waals surface area contributed by atoms with Crippen molar-refractivity contribution in [3.8, 4) is 0 Å². The molecule has 0 aromatic rings. The van der Waals surface area contributed by atoms with Crippen LogP contribution in [0, 0.1) is 17.3 Å². The fraction of sp³-hybridized carbons (Fsp3) is 0.762. The summed E-state index contributed by atoms with van der Waals surface area (Å²) in [7, 11) is 4.03. The first-order chi connectivity index (χ1) is 14.1. The number of nitrogens with zero attached hydrogens (tertiary/aromatic N) is 2. The van der Waals surface area contributed by atoms with Crippen molar-refractivity contribution in [2.45, 2.75) is 51.0 Å². The average molecular weight is 429 g/mol. The van der Waals surface area contributed by atoms with E-state index in [0.717, 1.165) is 38.6 Å². The zero-order chi connectivity index (χ0) is 22.8. The molecule has 2 aliphatic rings. The first kappa shape index (κ1) is 26.1. The third-order valence-corrected chi connectivity index (χ3v) is 6.22. The molecule has 0 unspecified atom stereocenters. The summed E-state index contributed by atoms with van der Waals surface area (Å²) in [5, 5.41) is 39.1. The summed E-state index contributed by atoms with van der Waals surface area (Å²) in [6, 6.07) is 0. The van der Waals surface area contributed by atoms with E-state index < -0.39 is 17.5 Å². The van der Waals surface area contributed by atoms with Crippen molar-refractivity contribution in [2.24, 2.45) is 22.4 Å². The number of rotatable bonds is 8. The molecule has 172 valence electrons. The number of likely N-dealkylation sites (N-methyl/N-ethyl adjacent to an activating group) is 1. The molecular formula is C21H36N2O7. The lowest BCUT2D eigenvalue weighted by Gasteiger charge is -2.48. The minimum Gasteiger partial charge on any atom is -0.473 e. The predicted octanol–water partition coefficient (Wildman–Crippen LogP) is 1.59. The zero-order valence-electron chi connectivity index (χ0n) is 18.2. The molecule has 0 aliphatic heterocycles. The van der Waals surface area contributed by atoms with Crippen LogP contribution in [0.1, 0.15) is 45.4 Å². The predicted molar refractivity (Wildman–Crippen MR) is 112 cm³/mol. The fourth-order valence-corrected chi connectivity index (χ4v) is 4.28. The van der Waals surface area contributed by atoms with Gasteiger partial charge in [0, 0.05) is 30.7 Å². The van der Waals surface area contributed by atoms with Crippen LogP contribution in [0.15, 0.2) is 17.3 Å². The van der Waals surface area contributed by atoms with Crippen LogP contribution in [-0.4, -0.2) is 82.9 Å². The number of oxime groups is 1. The number of carbonyl (C=O) groups is 2.